The lowest BCUT2D eigenvalue weighted by Gasteiger charge is -2.34. The Hall–Kier alpha value is -2.79. The Morgan fingerprint density at radius 2 is 1.79 bits per heavy atom. The summed E-state index contributed by atoms with van der Waals surface area (Å²) in [5.41, 5.74) is 3.53. The van der Waals surface area contributed by atoms with Gasteiger partial charge in [0.05, 0.1) is 13.5 Å². The summed E-state index contributed by atoms with van der Waals surface area (Å²) < 4.78 is 5.21. The van der Waals surface area contributed by atoms with Crippen molar-refractivity contribution < 1.29 is 9.53 Å². The van der Waals surface area contributed by atoms with E-state index in [9.17, 15) is 4.79 Å². The molecule has 0 unspecified atom stereocenters. The van der Waals surface area contributed by atoms with E-state index >= 15 is 0 Å². The van der Waals surface area contributed by atoms with Crippen molar-refractivity contribution in [3.05, 3.63) is 65.9 Å². The Labute approximate surface area is 172 Å². The van der Waals surface area contributed by atoms with Crippen LogP contribution in [0, 0.1) is 0 Å². The summed E-state index contributed by atoms with van der Waals surface area (Å²) in [4.78, 5) is 20.5. The molecule has 1 amide bonds. The number of aryl methyl sites for hydroxylation is 1. The van der Waals surface area contributed by atoms with Crippen LogP contribution in [0.25, 0.3) is 10.9 Å². The van der Waals surface area contributed by atoms with Crippen molar-refractivity contribution in [2.45, 2.75) is 19.3 Å². The summed E-state index contributed by atoms with van der Waals surface area (Å²) in [6.07, 6.45) is 4.65. The number of nitrogens with zero attached hydrogens (tertiary/aromatic N) is 2. The maximum Gasteiger partial charge on any atom is 0.227 e. The Morgan fingerprint density at radius 3 is 2.55 bits per heavy atom. The molecule has 1 fully saturated rings. The van der Waals surface area contributed by atoms with Crippen LogP contribution < -0.4 is 4.74 Å². The molecule has 0 radical (unpaired) electrons. The summed E-state index contributed by atoms with van der Waals surface area (Å²) in [5, 5.41) is 1.15. The number of ether oxygens (including phenoxy) is 1. The first-order valence-electron chi connectivity index (χ1n) is 10.4. The van der Waals surface area contributed by atoms with E-state index in [1.165, 1.54) is 5.56 Å². The third-order valence-electron chi connectivity index (χ3n) is 5.84. The van der Waals surface area contributed by atoms with E-state index in [2.05, 4.69) is 28.1 Å². The molecule has 1 aliphatic heterocycles. The van der Waals surface area contributed by atoms with Crippen molar-refractivity contribution in [3.8, 4) is 5.75 Å². The first-order chi connectivity index (χ1) is 14.2. The van der Waals surface area contributed by atoms with Crippen LogP contribution in [-0.4, -0.2) is 60.5 Å². The predicted molar refractivity (Wildman–Crippen MR) is 116 cm³/mol. The number of hydrogen-bond donors (Lipinski definition) is 1. The Kier molecular flexibility index (Phi) is 6.15. The third-order valence-corrected chi connectivity index (χ3v) is 5.84. The molecule has 1 aliphatic rings. The molecule has 2 aromatic carbocycles. The normalized spacial score (nSPS) is 15.0. The maximum absolute atomic E-state index is 12.8. The SMILES string of the molecule is COc1ccc(CCCN2CCN(C(=O)Cc3c[nH]c4ccccc34)CC2)cc1. The second kappa shape index (κ2) is 9.14. The highest BCUT2D eigenvalue weighted by atomic mass is 16.5. The molecule has 0 aliphatic carbocycles. The van der Waals surface area contributed by atoms with E-state index in [-0.39, 0.29) is 5.91 Å². The van der Waals surface area contributed by atoms with Crippen molar-refractivity contribution in [3.63, 3.8) is 0 Å². The van der Waals surface area contributed by atoms with Gasteiger partial charge in [-0.3, -0.25) is 9.69 Å². The number of carbonyl (C=O) groups is 1. The number of para-hydroxylation sites is 1. The van der Waals surface area contributed by atoms with Crippen LogP contribution in [0.4, 0.5) is 0 Å². The van der Waals surface area contributed by atoms with Gasteiger partial charge in [0.15, 0.2) is 0 Å². The summed E-state index contributed by atoms with van der Waals surface area (Å²) in [7, 11) is 1.69. The van der Waals surface area contributed by atoms with Crippen LogP contribution in [0.3, 0.4) is 0 Å². The fourth-order valence-corrected chi connectivity index (χ4v) is 4.07. The standard InChI is InChI=1S/C24H29N3O2/c1-29-21-10-8-19(9-11-21)5-4-12-26-13-15-27(16-14-26)24(28)17-20-18-25-23-7-3-2-6-22(20)23/h2-3,6-11,18,25H,4-5,12-17H2,1H3. The maximum atomic E-state index is 12.8. The minimum absolute atomic E-state index is 0.229. The first-order valence-corrected chi connectivity index (χ1v) is 10.4. The molecule has 5 heteroatoms. The lowest BCUT2D eigenvalue weighted by atomic mass is 10.1. The zero-order valence-electron chi connectivity index (χ0n) is 17.1. The summed E-state index contributed by atoms with van der Waals surface area (Å²) in [6, 6.07) is 16.5. The highest BCUT2D eigenvalue weighted by Crippen LogP contribution is 2.19. The smallest absolute Gasteiger partial charge is 0.227 e. The average molecular weight is 392 g/mol. The molecule has 0 saturated carbocycles. The van der Waals surface area contributed by atoms with Gasteiger partial charge in [0.25, 0.3) is 0 Å². The van der Waals surface area contributed by atoms with Crippen molar-refractivity contribution >= 4 is 16.8 Å². The molecule has 1 aromatic heterocycles. The van der Waals surface area contributed by atoms with Crippen molar-refractivity contribution in [2.24, 2.45) is 0 Å². The summed E-state index contributed by atoms with van der Waals surface area (Å²) in [6.45, 7) is 4.65. The fourth-order valence-electron chi connectivity index (χ4n) is 4.07. The van der Waals surface area contributed by atoms with Crippen molar-refractivity contribution in [1.82, 2.24) is 14.8 Å². The van der Waals surface area contributed by atoms with Gasteiger partial charge in [0.2, 0.25) is 5.91 Å². The van der Waals surface area contributed by atoms with Crippen LogP contribution in [0.1, 0.15) is 17.5 Å². The summed E-state index contributed by atoms with van der Waals surface area (Å²) >= 11 is 0. The van der Waals surface area contributed by atoms with Gasteiger partial charge in [-0.05, 0) is 48.7 Å². The molecule has 5 nitrogen and oxygen atoms in total. The number of methoxy groups -OCH3 is 1. The number of H-pyrrole nitrogens is 1. The molecular weight excluding hydrogens is 362 g/mol. The lowest BCUT2D eigenvalue weighted by molar-refractivity contribution is -0.132. The monoisotopic (exact) mass is 391 g/mol. The van der Waals surface area contributed by atoms with Crippen LogP contribution in [0.2, 0.25) is 0 Å². The number of aromatic amines is 1. The average Bonchev–Trinajstić information content (AvgIpc) is 3.17. The molecule has 29 heavy (non-hydrogen) atoms. The second-order valence-corrected chi connectivity index (χ2v) is 7.71. The zero-order valence-corrected chi connectivity index (χ0v) is 17.1. The van der Waals surface area contributed by atoms with Crippen LogP contribution in [0.5, 0.6) is 5.75 Å². The van der Waals surface area contributed by atoms with Crippen LogP contribution in [-0.2, 0) is 17.6 Å². The van der Waals surface area contributed by atoms with Gasteiger partial charge < -0.3 is 14.6 Å². The molecule has 0 spiro atoms. The molecule has 1 saturated heterocycles. The quantitative estimate of drug-likeness (QED) is 0.671. The Bertz CT molecular complexity index is 940. The van der Waals surface area contributed by atoms with E-state index in [0.29, 0.717) is 6.42 Å². The molecule has 3 aromatic rings. The molecule has 0 atom stereocenters. The van der Waals surface area contributed by atoms with E-state index in [1.54, 1.807) is 7.11 Å². The van der Waals surface area contributed by atoms with Crippen LogP contribution >= 0.6 is 0 Å². The van der Waals surface area contributed by atoms with Crippen molar-refractivity contribution in [1.29, 1.82) is 0 Å². The van der Waals surface area contributed by atoms with E-state index in [4.69, 9.17) is 4.74 Å². The molecule has 1 N–H and O–H groups in total. The van der Waals surface area contributed by atoms with Gasteiger partial charge >= 0.3 is 0 Å². The first kappa shape index (κ1) is 19.5. The van der Waals surface area contributed by atoms with Crippen molar-refractivity contribution in [2.75, 3.05) is 39.8 Å². The largest absolute Gasteiger partial charge is 0.497 e. The number of carbonyl (C=O) groups excluding carboxylic acids is 1. The molecular formula is C24H29N3O2. The van der Waals surface area contributed by atoms with Gasteiger partial charge in [-0.1, -0.05) is 30.3 Å². The van der Waals surface area contributed by atoms with Gasteiger partial charge in [0, 0.05) is 43.3 Å². The number of hydrogen-bond acceptors (Lipinski definition) is 3. The minimum atomic E-state index is 0.229. The zero-order chi connectivity index (χ0) is 20.1. The number of aromatic nitrogens is 1. The number of amides is 1. The van der Waals surface area contributed by atoms with Gasteiger partial charge in [-0.15, -0.1) is 0 Å². The number of fused-ring (bicyclic) bond motifs is 1. The Balaban J connectivity index is 1.21. The van der Waals surface area contributed by atoms with Gasteiger partial charge in [-0.25, -0.2) is 0 Å². The number of benzene rings is 2. The number of rotatable bonds is 7. The predicted octanol–water partition coefficient (Wildman–Crippen LogP) is 3.50. The van der Waals surface area contributed by atoms with E-state index in [1.807, 2.05) is 41.4 Å². The molecule has 152 valence electrons. The van der Waals surface area contributed by atoms with Gasteiger partial charge in [0.1, 0.15) is 5.75 Å². The topological polar surface area (TPSA) is 48.6 Å². The second-order valence-electron chi connectivity index (χ2n) is 7.71. The van der Waals surface area contributed by atoms with Gasteiger partial charge in [-0.2, -0.15) is 0 Å². The number of piperazine rings is 1. The lowest BCUT2D eigenvalue weighted by Crippen LogP contribution is -2.49. The third kappa shape index (κ3) is 4.80. The summed E-state index contributed by atoms with van der Waals surface area (Å²) in [5.74, 6) is 1.13. The van der Waals surface area contributed by atoms with E-state index < -0.39 is 0 Å². The molecule has 0 bridgehead atoms. The highest BCUT2D eigenvalue weighted by Gasteiger charge is 2.21. The molecule has 2 heterocycles. The van der Waals surface area contributed by atoms with E-state index in [0.717, 1.165) is 67.8 Å². The fraction of sp³-hybridized carbons (Fsp3) is 0.375. The highest BCUT2D eigenvalue weighted by molar-refractivity contribution is 5.88. The number of nitrogens with one attached hydrogen (secondary N) is 1. The molecule has 4 rings (SSSR count). The Morgan fingerprint density at radius 1 is 1.03 bits per heavy atom. The minimum Gasteiger partial charge on any atom is -0.497 e. The van der Waals surface area contributed by atoms with Crippen LogP contribution in [0.15, 0.2) is 54.7 Å².